The molecule has 162 valence electrons. The van der Waals surface area contributed by atoms with E-state index in [-0.39, 0.29) is 0 Å². The molecule has 2 unspecified atom stereocenters. The van der Waals surface area contributed by atoms with Crippen LogP contribution in [0.3, 0.4) is 0 Å². The average Bonchev–Trinajstić information content (AvgIpc) is 3.19. The molecule has 0 saturated carbocycles. The SMILES string of the molecule is CC1=C(C)C(C)[C]([Zr]([CH3])([CH3])(=[SiH2])[CH]2C=C(c3ccc(C)c(C)c3C)c3ccccc32)=C1C. The van der Waals surface area contributed by atoms with Gasteiger partial charge in [-0.25, -0.2) is 0 Å². The van der Waals surface area contributed by atoms with Gasteiger partial charge in [-0.2, -0.15) is 0 Å². The molecule has 0 fully saturated rings. The molecule has 0 aliphatic heterocycles. The minimum absolute atomic E-state index is 0.554. The fourth-order valence-electron chi connectivity index (χ4n) is 6.47. The van der Waals surface area contributed by atoms with Gasteiger partial charge in [-0.15, -0.1) is 0 Å². The van der Waals surface area contributed by atoms with Crippen LogP contribution >= 0.6 is 0 Å². The molecule has 2 aromatic rings. The third-order valence-electron chi connectivity index (χ3n) is 8.79. The Labute approximate surface area is 192 Å². The van der Waals surface area contributed by atoms with Gasteiger partial charge in [0, 0.05) is 0 Å². The first-order chi connectivity index (χ1) is 14.3. The molecule has 31 heavy (non-hydrogen) atoms. The molecule has 4 rings (SSSR count). The molecular weight excluding hydrogens is 468 g/mol. The second kappa shape index (κ2) is 7.39. The first-order valence-electron chi connectivity index (χ1n) is 11.7. The maximum atomic E-state index is 2.70. The van der Waals surface area contributed by atoms with Crippen molar-refractivity contribution in [1.29, 1.82) is 0 Å². The standard InChI is InChI=1S/C18H17.C9H13.2CH3.H2Si.Zr/c1-12-8-10-16(14(3)13(12)2)18-11-9-15-6-4-5-7-17(15)18;1-6-5-7(2)9(4)8(6)3;;;;/h4-11H,1-3H3;6H,1-4H3;2*1H3;1H2;. The molecule has 0 radical (unpaired) electrons. The van der Waals surface area contributed by atoms with E-state index in [4.69, 9.17) is 0 Å². The van der Waals surface area contributed by atoms with Crippen LogP contribution in [0.25, 0.3) is 5.57 Å². The fourth-order valence-corrected chi connectivity index (χ4v) is 25.0. The van der Waals surface area contributed by atoms with Gasteiger partial charge in [0.2, 0.25) is 0 Å². The Morgan fingerprint density at radius 2 is 1.42 bits per heavy atom. The summed E-state index contributed by atoms with van der Waals surface area (Å²) in [5, 5.41) is 0. The third-order valence-corrected chi connectivity index (χ3v) is 26.1. The summed E-state index contributed by atoms with van der Waals surface area (Å²) >= 11 is -3.34. The molecule has 0 amide bonds. The van der Waals surface area contributed by atoms with E-state index in [1.807, 2.05) is 3.28 Å². The van der Waals surface area contributed by atoms with Crippen molar-refractivity contribution in [2.24, 2.45) is 5.92 Å². The molecule has 0 nitrogen and oxygen atoms in total. The second-order valence-corrected chi connectivity index (χ2v) is 40.7. The van der Waals surface area contributed by atoms with Crippen LogP contribution < -0.4 is 0 Å². The third kappa shape index (κ3) is 3.32. The van der Waals surface area contributed by atoms with Gasteiger partial charge in [-0.05, 0) is 0 Å². The molecule has 0 saturated heterocycles. The van der Waals surface area contributed by atoms with Crippen molar-refractivity contribution >= 4 is 12.5 Å². The first kappa shape index (κ1) is 22.9. The molecule has 2 aliphatic carbocycles. The summed E-state index contributed by atoms with van der Waals surface area (Å²) in [5.74, 6) is 0.589. The summed E-state index contributed by atoms with van der Waals surface area (Å²) in [6, 6.07) is 13.9. The fraction of sp³-hybridized carbons (Fsp3) is 0.379. The van der Waals surface area contributed by atoms with Crippen molar-refractivity contribution in [3.8, 4) is 0 Å². The average molecular weight is 506 g/mol. The van der Waals surface area contributed by atoms with Gasteiger partial charge in [0.05, 0.1) is 0 Å². The summed E-state index contributed by atoms with van der Waals surface area (Å²) < 4.78 is 7.78. The summed E-state index contributed by atoms with van der Waals surface area (Å²) in [6.45, 7) is 18.7. The number of benzene rings is 2. The van der Waals surface area contributed by atoms with Crippen LogP contribution in [0.5, 0.6) is 0 Å². The summed E-state index contributed by atoms with van der Waals surface area (Å²) in [7, 11) is 0. The van der Waals surface area contributed by atoms with E-state index >= 15 is 0 Å². The molecule has 2 aromatic carbocycles. The van der Waals surface area contributed by atoms with E-state index < -0.39 is 17.4 Å². The van der Waals surface area contributed by atoms with Crippen molar-refractivity contribution in [2.75, 3.05) is 0 Å². The summed E-state index contributed by atoms with van der Waals surface area (Å²) in [5.41, 5.74) is 14.9. The van der Waals surface area contributed by atoms with Gasteiger partial charge < -0.3 is 0 Å². The number of hydrogen-bond donors (Lipinski definition) is 0. The van der Waals surface area contributed by atoms with Crippen LogP contribution in [-0.4, -0.2) is 6.88 Å². The number of hydrogen-bond acceptors (Lipinski definition) is 0. The Bertz CT molecular complexity index is 1280. The zero-order valence-electron chi connectivity index (χ0n) is 20.9. The van der Waals surface area contributed by atoms with Crippen molar-refractivity contribution < 1.29 is 17.4 Å². The van der Waals surface area contributed by atoms with E-state index in [2.05, 4.69) is 107 Å². The van der Waals surface area contributed by atoms with Crippen LogP contribution in [0.4, 0.5) is 0 Å². The van der Waals surface area contributed by atoms with Crippen molar-refractivity contribution in [3.63, 3.8) is 0 Å². The van der Waals surface area contributed by atoms with Crippen LogP contribution in [0.15, 0.2) is 62.5 Å². The van der Waals surface area contributed by atoms with E-state index in [1.54, 1.807) is 22.3 Å². The van der Waals surface area contributed by atoms with Crippen LogP contribution in [0.2, 0.25) is 9.26 Å². The van der Waals surface area contributed by atoms with Crippen LogP contribution in [0, 0.1) is 26.7 Å². The predicted octanol–water partition coefficient (Wildman–Crippen LogP) is 7.69. The van der Waals surface area contributed by atoms with Gasteiger partial charge in [0.15, 0.2) is 0 Å². The Morgan fingerprint density at radius 3 is 2.03 bits per heavy atom. The molecule has 2 atom stereocenters. The van der Waals surface area contributed by atoms with Crippen LogP contribution in [-0.2, 0) is 17.4 Å². The Hall–Kier alpha value is -1.24. The van der Waals surface area contributed by atoms with Crippen LogP contribution in [0.1, 0.15) is 64.7 Å². The molecule has 2 heteroatoms. The number of allylic oxidation sites excluding steroid dienone is 5. The molecule has 0 aromatic heterocycles. The number of rotatable bonds is 3. The van der Waals surface area contributed by atoms with E-state index in [0.717, 1.165) is 0 Å². The number of aryl methyl sites for hydroxylation is 1. The van der Waals surface area contributed by atoms with Crippen molar-refractivity contribution in [3.05, 3.63) is 95.9 Å². The van der Waals surface area contributed by atoms with Crippen molar-refractivity contribution in [1.82, 2.24) is 0 Å². The van der Waals surface area contributed by atoms with Gasteiger partial charge in [0.25, 0.3) is 0 Å². The minimum atomic E-state index is -3.34. The van der Waals surface area contributed by atoms with E-state index in [1.165, 1.54) is 33.4 Å². The van der Waals surface area contributed by atoms with Crippen molar-refractivity contribution in [2.45, 2.75) is 61.4 Å². The molecule has 2 aliphatic rings. The van der Waals surface area contributed by atoms with Gasteiger partial charge in [0.1, 0.15) is 0 Å². The quantitative estimate of drug-likeness (QED) is 0.375. The second-order valence-electron chi connectivity index (χ2n) is 11.2. The van der Waals surface area contributed by atoms with E-state index in [0.29, 0.717) is 9.54 Å². The Balaban J connectivity index is 1.97. The number of fused-ring (bicyclic) bond motifs is 1. The monoisotopic (exact) mass is 504 g/mol. The Morgan fingerprint density at radius 1 is 0.774 bits per heavy atom. The normalized spacial score (nSPS) is 21.7. The molecular formula is C29H38SiZr. The summed E-state index contributed by atoms with van der Waals surface area (Å²) in [4.78, 5) is 0. The van der Waals surface area contributed by atoms with Gasteiger partial charge >= 0.3 is 193 Å². The van der Waals surface area contributed by atoms with Gasteiger partial charge in [-0.3, -0.25) is 0 Å². The topological polar surface area (TPSA) is 0 Å². The zero-order chi connectivity index (χ0) is 22.9. The maximum absolute atomic E-state index is 3.34. The zero-order valence-corrected chi connectivity index (χ0v) is 24.8. The summed E-state index contributed by atoms with van der Waals surface area (Å²) in [6.07, 6.45) is 2.68. The molecule has 0 spiro atoms. The molecule has 0 heterocycles. The Kier molecular flexibility index (Phi) is 5.47. The first-order valence-corrected chi connectivity index (χ1v) is 25.2. The molecule has 0 N–H and O–H groups in total. The predicted molar refractivity (Wildman–Crippen MR) is 137 cm³/mol. The molecule has 0 bridgehead atoms. The van der Waals surface area contributed by atoms with Gasteiger partial charge in [-0.1, -0.05) is 0 Å². The van der Waals surface area contributed by atoms with E-state index in [9.17, 15) is 0 Å².